The van der Waals surface area contributed by atoms with E-state index < -0.39 is 0 Å². The third kappa shape index (κ3) is 2.53. The van der Waals surface area contributed by atoms with Crippen LogP contribution in [0.25, 0.3) is 0 Å². The number of anilines is 1. The zero-order valence-corrected chi connectivity index (χ0v) is 10.5. The molecule has 0 saturated carbocycles. The average Bonchev–Trinajstić information content (AvgIpc) is 2.33. The van der Waals surface area contributed by atoms with Gasteiger partial charge >= 0.3 is 0 Å². The number of methoxy groups -OCH3 is 1. The molecule has 1 aromatic carbocycles. The second-order valence-electron chi connectivity index (χ2n) is 4.25. The smallest absolute Gasteiger partial charge is 0.251 e. The summed E-state index contributed by atoms with van der Waals surface area (Å²) in [6, 6.07) is 9.07. The topological polar surface area (TPSA) is 57.2 Å². The highest BCUT2D eigenvalue weighted by molar-refractivity contribution is 5.54. The molecule has 0 aliphatic carbocycles. The number of aryl methyl sites for hydroxylation is 1. The van der Waals surface area contributed by atoms with Crippen molar-refractivity contribution < 1.29 is 4.74 Å². The van der Waals surface area contributed by atoms with E-state index in [1.807, 2.05) is 31.2 Å². The maximum atomic E-state index is 11.8. The van der Waals surface area contributed by atoms with Crippen LogP contribution in [0.3, 0.4) is 0 Å². The number of pyridine rings is 1. The summed E-state index contributed by atoms with van der Waals surface area (Å²) in [6.07, 6.45) is 1.79. The molecule has 4 heteroatoms. The van der Waals surface area contributed by atoms with Crippen LogP contribution >= 0.6 is 0 Å². The monoisotopic (exact) mass is 244 g/mol. The van der Waals surface area contributed by atoms with Crippen LogP contribution in [-0.2, 0) is 6.54 Å². The Kier molecular flexibility index (Phi) is 3.37. The fourth-order valence-electron chi connectivity index (χ4n) is 1.82. The Morgan fingerprint density at radius 1 is 1.28 bits per heavy atom. The van der Waals surface area contributed by atoms with Gasteiger partial charge in [0.25, 0.3) is 5.56 Å². The van der Waals surface area contributed by atoms with Crippen LogP contribution in [0.2, 0.25) is 0 Å². The number of ether oxygens (including phenoxy) is 1. The lowest BCUT2D eigenvalue weighted by Crippen LogP contribution is -2.19. The van der Waals surface area contributed by atoms with Gasteiger partial charge in [0.15, 0.2) is 0 Å². The molecule has 1 aromatic heterocycles. The lowest BCUT2D eigenvalue weighted by Gasteiger charge is -2.09. The second kappa shape index (κ2) is 4.96. The largest absolute Gasteiger partial charge is 0.495 e. The van der Waals surface area contributed by atoms with Crippen molar-refractivity contribution in [1.29, 1.82) is 0 Å². The Morgan fingerprint density at radius 2 is 2.06 bits per heavy atom. The molecule has 0 saturated heterocycles. The fraction of sp³-hybridized carbons (Fsp3) is 0.214. The molecule has 0 bridgehead atoms. The maximum absolute atomic E-state index is 11.8. The lowest BCUT2D eigenvalue weighted by molar-refractivity contribution is 0.417. The molecule has 1 heterocycles. The van der Waals surface area contributed by atoms with Crippen LogP contribution < -0.4 is 16.0 Å². The Morgan fingerprint density at radius 3 is 2.67 bits per heavy atom. The van der Waals surface area contributed by atoms with E-state index in [1.54, 1.807) is 23.9 Å². The standard InChI is InChI=1S/C14H16N2O2/c1-10-5-6-16(14(17)7-10)9-11-3-4-13(18-2)12(15)8-11/h3-8H,9,15H2,1-2H3. The molecule has 2 rings (SSSR count). The lowest BCUT2D eigenvalue weighted by atomic mass is 10.2. The molecule has 2 N–H and O–H groups in total. The van der Waals surface area contributed by atoms with Crippen LogP contribution in [0.4, 0.5) is 5.69 Å². The van der Waals surface area contributed by atoms with E-state index in [0.29, 0.717) is 18.0 Å². The second-order valence-corrected chi connectivity index (χ2v) is 4.25. The minimum Gasteiger partial charge on any atom is -0.495 e. The van der Waals surface area contributed by atoms with Gasteiger partial charge in [-0.3, -0.25) is 4.79 Å². The van der Waals surface area contributed by atoms with Gasteiger partial charge in [-0.05, 0) is 36.2 Å². The molecule has 0 fully saturated rings. The van der Waals surface area contributed by atoms with Gasteiger partial charge in [-0.25, -0.2) is 0 Å². The highest BCUT2D eigenvalue weighted by Crippen LogP contribution is 2.22. The molecule has 0 spiro atoms. The summed E-state index contributed by atoms with van der Waals surface area (Å²) < 4.78 is 6.74. The molecule has 2 aromatic rings. The number of rotatable bonds is 3. The first-order chi connectivity index (χ1) is 8.60. The number of nitrogens with zero attached hydrogens (tertiary/aromatic N) is 1. The SMILES string of the molecule is COc1ccc(Cn2ccc(C)cc2=O)cc1N. The van der Waals surface area contributed by atoms with Gasteiger partial charge in [-0.2, -0.15) is 0 Å². The van der Waals surface area contributed by atoms with Crippen LogP contribution in [0.1, 0.15) is 11.1 Å². The summed E-state index contributed by atoms with van der Waals surface area (Å²) in [6.45, 7) is 2.41. The van der Waals surface area contributed by atoms with E-state index in [4.69, 9.17) is 10.5 Å². The predicted octanol–water partition coefficient (Wildman–Crippen LogP) is 1.80. The summed E-state index contributed by atoms with van der Waals surface area (Å²) in [5.41, 5.74) is 8.34. The highest BCUT2D eigenvalue weighted by Gasteiger charge is 2.02. The molecule has 0 amide bonds. The first-order valence-corrected chi connectivity index (χ1v) is 5.69. The molecule has 18 heavy (non-hydrogen) atoms. The first-order valence-electron chi connectivity index (χ1n) is 5.69. The summed E-state index contributed by atoms with van der Waals surface area (Å²) in [5, 5.41) is 0. The minimum absolute atomic E-state index is 0.00982. The summed E-state index contributed by atoms with van der Waals surface area (Å²) in [7, 11) is 1.58. The van der Waals surface area contributed by atoms with Crippen molar-refractivity contribution in [3.05, 3.63) is 58.0 Å². The zero-order valence-electron chi connectivity index (χ0n) is 10.5. The van der Waals surface area contributed by atoms with Gasteiger partial charge in [0.05, 0.1) is 19.3 Å². The summed E-state index contributed by atoms with van der Waals surface area (Å²) in [5.74, 6) is 0.648. The van der Waals surface area contributed by atoms with E-state index in [9.17, 15) is 4.79 Å². The van der Waals surface area contributed by atoms with E-state index in [-0.39, 0.29) is 5.56 Å². The number of benzene rings is 1. The molecule has 94 valence electrons. The number of hydrogen-bond donors (Lipinski definition) is 1. The molecular weight excluding hydrogens is 228 g/mol. The Hall–Kier alpha value is -2.23. The van der Waals surface area contributed by atoms with Crippen LogP contribution in [0.15, 0.2) is 41.3 Å². The zero-order chi connectivity index (χ0) is 13.1. The van der Waals surface area contributed by atoms with Gasteiger partial charge < -0.3 is 15.0 Å². The van der Waals surface area contributed by atoms with E-state index in [2.05, 4.69) is 0 Å². The third-order valence-corrected chi connectivity index (χ3v) is 2.80. The van der Waals surface area contributed by atoms with Crippen molar-refractivity contribution in [1.82, 2.24) is 4.57 Å². The molecule has 0 radical (unpaired) electrons. The first kappa shape index (κ1) is 12.2. The average molecular weight is 244 g/mol. The molecule has 0 atom stereocenters. The number of nitrogen functional groups attached to an aromatic ring is 1. The van der Waals surface area contributed by atoms with E-state index in [0.717, 1.165) is 11.1 Å². The van der Waals surface area contributed by atoms with Crippen molar-refractivity contribution in [3.8, 4) is 5.75 Å². The third-order valence-electron chi connectivity index (χ3n) is 2.80. The Balaban J connectivity index is 2.29. The normalized spacial score (nSPS) is 10.3. The van der Waals surface area contributed by atoms with Gasteiger partial charge in [0.1, 0.15) is 5.75 Å². The molecular formula is C14H16N2O2. The number of aromatic nitrogens is 1. The molecule has 4 nitrogen and oxygen atoms in total. The predicted molar refractivity (Wildman–Crippen MR) is 71.9 cm³/mol. The van der Waals surface area contributed by atoms with E-state index >= 15 is 0 Å². The van der Waals surface area contributed by atoms with Crippen molar-refractivity contribution in [2.75, 3.05) is 12.8 Å². The van der Waals surface area contributed by atoms with Crippen molar-refractivity contribution in [3.63, 3.8) is 0 Å². The summed E-state index contributed by atoms with van der Waals surface area (Å²) >= 11 is 0. The maximum Gasteiger partial charge on any atom is 0.251 e. The number of nitrogens with two attached hydrogens (primary N) is 1. The number of hydrogen-bond acceptors (Lipinski definition) is 3. The van der Waals surface area contributed by atoms with Gasteiger partial charge in [-0.1, -0.05) is 6.07 Å². The van der Waals surface area contributed by atoms with Crippen molar-refractivity contribution in [2.45, 2.75) is 13.5 Å². The van der Waals surface area contributed by atoms with Gasteiger partial charge in [0, 0.05) is 12.3 Å². The van der Waals surface area contributed by atoms with E-state index in [1.165, 1.54) is 0 Å². The van der Waals surface area contributed by atoms with Crippen LogP contribution in [0, 0.1) is 6.92 Å². The van der Waals surface area contributed by atoms with Gasteiger partial charge in [-0.15, -0.1) is 0 Å². The van der Waals surface area contributed by atoms with Gasteiger partial charge in [0.2, 0.25) is 0 Å². The quantitative estimate of drug-likeness (QED) is 0.837. The van der Waals surface area contributed by atoms with Crippen LogP contribution in [0.5, 0.6) is 5.75 Å². The van der Waals surface area contributed by atoms with Crippen molar-refractivity contribution >= 4 is 5.69 Å². The molecule has 0 aliphatic rings. The minimum atomic E-state index is -0.00982. The highest BCUT2D eigenvalue weighted by atomic mass is 16.5. The van der Waals surface area contributed by atoms with Crippen molar-refractivity contribution in [2.24, 2.45) is 0 Å². The molecule has 0 aliphatic heterocycles. The van der Waals surface area contributed by atoms with Crippen LogP contribution in [-0.4, -0.2) is 11.7 Å². The Bertz CT molecular complexity index is 617. The fourth-order valence-corrected chi connectivity index (χ4v) is 1.82. The summed E-state index contributed by atoms with van der Waals surface area (Å²) in [4.78, 5) is 11.8. The molecule has 0 unspecified atom stereocenters. The Labute approximate surface area is 106 Å².